The molecule has 3 fully saturated rings. The number of nitrogens with zero attached hydrogens (tertiary/aromatic N) is 8. The van der Waals surface area contributed by atoms with E-state index in [1.807, 2.05) is 20.8 Å². The molecular weight excluding hydrogens is 763 g/mol. The molecule has 53 heavy (non-hydrogen) atoms. The van der Waals surface area contributed by atoms with Crippen LogP contribution in [-0.4, -0.2) is 111 Å². The molecule has 21 nitrogen and oxygen atoms in total. The van der Waals surface area contributed by atoms with Crippen molar-refractivity contribution in [2.24, 2.45) is 5.41 Å². The summed E-state index contributed by atoms with van der Waals surface area (Å²) < 4.78 is 81.6. The Labute approximate surface area is 305 Å². The van der Waals surface area contributed by atoms with Crippen LogP contribution in [0.2, 0.25) is 0 Å². The lowest BCUT2D eigenvalue weighted by molar-refractivity contribution is -0.0636. The minimum absolute atomic E-state index is 0.0305. The van der Waals surface area contributed by atoms with Crippen LogP contribution in [-0.2, 0) is 36.7 Å². The highest BCUT2D eigenvalue weighted by Crippen LogP contribution is 2.54. The van der Waals surface area contributed by atoms with Crippen LogP contribution >= 0.6 is 27.3 Å². The lowest BCUT2D eigenvalue weighted by atomic mass is 9.97. The van der Waals surface area contributed by atoms with Gasteiger partial charge in [0.2, 0.25) is 0 Å². The van der Waals surface area contributed by atoms with Gasteiger partial charge in [0.1, 0.15) is 54.2 Å². The van der Waals surface area contributed by atoms with Crippen LogP contribution in [0.25, 0.3) is 22.3 Å². The van der Waals surface area contributed by atoms with Gasteiger partial charge in [-0.2, -0.15) is 0 Å². The zero-order valence-corrected chi connectivity index (χ0v) is 31.1. The third kappa shape index (κ3) is 7.58. The fourth-order valence-electron chi connectivity index (χ4n) is 5.85. The Morgan fingerprint density at radius 2 is 1.53 bits per heavy atom. The maximum absolute atomic E-state index is 16.3. The number of rotatable bonds is 7. The summed E-state index contributed by atoms with van der Waals surface area (Å²) in [4.78, 5) is 36.2. The Balaban J connectivity index is 1.22. The van der Waals surface area contributed by atoms with Crippen LogP contribution in [0.1, 0.15) is 33.2 Å². The highest BCUT2D eigenvalue weighted by Gasteiger charge is 2.54. The number of allylic oxidation sites excluding steroid dienone is 1. The minimum atomic E-state index is -5.11. The lowest BCUT2D eigenvalue weighted by Gasteiger charge is -2.28. The van der Waals surface area contributed by atoms with E-state index in [2.05, 4.69) is 41.6 Å². The van der Waals surface area contributed by atoms with Crippen LogP contribution in [0.5, 0.6) is 0 Å². The molecule has 7 N–H and O–H groups in total. The van der Waals surface area contributed by atoms with Crippen molar-refractivity contribution in [2.75, 3.05) is 37.0 Å². The van der Waals surface area contributed by atoms with E-state index < -0.39 is 77.9 Å². The maximum atomic E-state index is 16.3. The second kappa shape index (κ2) is 14.5. The van der Waals surface area contributed by atoms with E-state index in [-0.39, 0.29) is 45.9 Å². The van der Waals surface area contributed by atoms with Crippen molar-refractivity contribution in [3.8, 4) is 0 Å². The molecule has 3 aliphatic rings. The van der Waals surface area contributed by atoms with Gasteiger partial charge in [-0.15, -0.1) is 11.8 Å². The molecule has 25 heteroatoms. The van der Waals surface area contributed by atoms with Gasteiger partial charge in [0.05, 0.1) is 25.9 Å². The minimum Gasteiger partial charge on any atom is -0.387 e. The number of phosphoric ester groups is 1. The Hall–Kier alpha value is -3.18. The summed E-state index contributed by atoms with van der Waals surface area (Å²) in [5.74, 6) is 0.471. The number of phosphoric acid groups is 1. The average molecular weight is 802 g/mol. The standard InChI is InChI=1S/C28H38FN11O10P2S/c1-13(28(2,3)4)53-6-5-38-51(42)45-8-15-20(16(29)26(48-15)39-11-36-17-22(30)32-9-34-24(17)39)50-52(43,44)46-7-14-19(41)21(49-51)27(47-14)40-12-37-18-23(31)33-10-35-25(18)40/h9-12,14-16,19-21,26-27,41H,1,5-8H2,2-4H3,(H,38,42)(H,43,44)(H2,30,32,34)(H2,31,33,35)/t14?,15-,16?,19?,20?,21?,26-,27-,51?/m1/s1. The van der Waals surface area contributed by atoms with Crippen LogP contribution < -0.4 is 16.6 Å². The second-order valence-corrected chi connectivity index (χ2v) is 17.7. The number of nitrogens with two attached hydrogens (primary N) is 2. The quantitative estimate of drug-likeness (QED) is 0.132. The smallest absolute Gasteiger partial charge is 0.387 e. The summed E-state index contributed by atoms with van der Waals surface area (Å²) in [7, 11) is -9.62. The molecule has 7 heterocycles. The van der Waals surface area contributed by atoms with Crippen LogP contribution in [0, 0.1) is 5.41 Å². The largest absolute Gasteiger partial charge is 0.472 e. The van der Waals surface area contributed by atoms with Crippen molar-refractivity contribution in [3.63, 3.8) is 0 Å². The zero-order chi connectivity index (χ0) is 37.9. The SMILES string of the molecule is C=C(SCCNP1(=O)OC[C@H]2O[C@@H](n3cnc4c(N)ncnc43)C(F)C2OP(=O)(O)OCC2O[C@@H](n3cnc4c(N)ncnc43)C(O1)C2O)C(C)(C)C. The molecule has 0 aromatic carbocycles. The van der Waals surface area contributed by atoms with Crippen molar-refractivity contribution in [2.45, 2.75) is 69.9 Å². The maximum Gasteiger partial charge on any atom is 0.472 e. The Bertz CT molecular complexity index is 2100. The number of halogens is 1. The van der Waals surface area contributed by atoms with Crippen molar-refractivity contribution in [3.05, 3.63) is 36.8 Å². The molecule has 10 atom stereocenters. The molecule has 7 unspecified atom stereocenters. The summed E-state index contributed by atoms with van der Waals surface area (Å²) in [6, 6.07) is 0. The average Bonchev–Trinajstić information content (AvgIpc) is 3.86. The molecule has 0 radical (unpaired) electrons. The first-order chi connectivity index (χ1) is 25.1. The molecule has 4 aromatic heterocycles. The van der Waals surface area contributed by atoms with E-state index in [9.17, 15) is 19.1 Å². The molecule has 7 rings (SSSR count). The Morgan fingerprint density at radius 3 is 2.15 bits per heavy atom. The summed E-state index contributed by atoms with van der Waals surface area (Å²) >= 11 is 1.43. The van der Waals surface area contributed by atoms with Gasteiger partial charge in [-0.3, -0.25) is 27.2 Å². The van der Waals surface area contributed by atoms with Crippen molar-refractivity contribution >= 4 is 61.3 Å². The monoisotopic (exact) mass is 801 g/mol. The molecular formula is C28H38FN11O10P2S. The topological polar surface area (TPSA) is 281 Å². The fraction of sp³-hybridized carbons (Fsp3) is 0.571. The van der Waals surface area contributed by atoms with E-state index in [1.165, 1.54) is 39.9 Å². The van der Waals surface area contributed by atoms with Crippen LogP contribution in [0.3, 0.4) is 0 Å². The number of aromatic nitrogens is 8. The predicted octanol–water partition coefficient (Wildman–Crippen LogP) is 2.23. The van der Waals surface area contributed by atoms with E-state index in [0.29, 0.717) is 5.75 Å². The van der Waals surface area contributed by atoms with Gasteiger partial charge >= 0.3 is 15.6 Å². The van der Waals surface area contributed by atoms with Gasteiger partial charge in [0, 0.05) is 12.3 Å². The first-order valence-electron chi connectivity index (χ1n) is 16.2. The van der Waals surface area contributed by atoms with Gasteiger partial charge < -0.3 is 30.9 Å². The summed E-state index contributed by atoms with van der Waals surface area (Å²) in [6.45, 7) is 8.73. The number of thioether (sulfide) groups is 1. The highest BCUT2D eigenvalue weighted by molar-refractivity contribution is 8.03. The van der Waals surface area contributed by atoms with Crippen molar-refractivity contribution < 1.29 is 51.1 Å². The number of anilines is 2. The van der Waals surface area contributed by atoms with E-state index in [0.717, 1.165) is 11.2 Å². The molecule has 0 aliphatic carbocycles. The first-order valence-corrected chi connectivity index (χ1v) is 20.2. The summed E-state index contributed by atoms with van der Waals surface area (Å²) in [5, 5.41) is 14.3. The third-order valence-corrected chi connectivity index (χ3v) is 12.7. The Kier molecular flexibility index (Phi) is 10.4. The summed E-state index contributed by atoms with van der Waals surface area (Å²) in [6.07, 6.45) is -7.89. The van der Waals surface area contributed by atoms with E-state index in [1.54, 1.807) is 0 Å². The molecule has 3 aliphatic heterocycles. The molecule has 288 valence electrons. The van der Waals surface area contributed by atoms with Gasteiger partial charge in [-0.05, 0) is 10.3 Å². The number of nitrogens with one attached hydrogen (secondary N) is 1. The van der Waals surface area contributed by atoms with Gasteiger partial charge in [-0.25, -0.2) is 48.5 Å². The number of nitrogen functional groups attached to an aromatic ring is 2. The van der Waals surface area contributed by atoms with Gasteiger partial charge in [-0.1, -0.05) is 27.4 Å². The fourth-order valence-corrected chi connectivity index (χ4v) is 9.35. The number of ether oxygens (including phenoxy) is 2. The number of alkyl halides is 1. The predicted molar refractivity (Wildman–Crippen MR) is 186 cm³/mol. The van der Waals surface area contributed by atoms with Crippen molar-refractivity contribution in [1.29, 1.82) is 0 Å². The van der Waals surface area contributed by atoms with Crippen LogP contribution in [0.4, 0.5) is 16.0 Å². The summed E-state index contributed by atoms with van der Waals surface area (Å²) in [5.41, 5.74) is 12.3. The lowest BCUT2D eigenvalue weighted by Crippen LogP contribution is -2.37. The molecule has 3 saturated heterocycles. The number of aliphatic hydroxyl groups excluding tert-OH is 1. The van der Waals surface area contributed by atoms with Gasteiger partial charge in [0.25, 0.3) is 0 Å². The highest BCUT2D eigenvalue weighted by atomic mass is 32.2. The number of hydrogen-bond donors (Lipinski definition) is 5. The Morgan fingerprint density at radius 1 is 0.943 bits per heavy atom. The molecule has 4 aromatic rings. The van der Waals surface area contributed by atoms with Gasteiger partial charge in [0.15, 0.2) is 41.6 Å². The molecule has 2 bridgehead atoms. The van der Waals surface area contributed by atoms with E-state index in [4.69, 9.17) is 39.0 Å². The number of aliphatic hydroxyl groups is 1. The number of fused-ring (bicyclic) bond motifs is 5. The van der Waals surface area contributed by atoms with E-state index >= 15 is 4.39 Å². The van der Waals surface area contributed by atoms with Crippen molar-refractivity contribution in [1.82, 2.24) is 44.1 Å². The second-order valence-electron chi connectivity index (χ2n) is 13.4. The third-order valence-electron chi connectivity index (χ3n) is 8.75. The molecule has 0 saturated carbocycles. The normalized spacial score (nSPS) is 34.1. The molecule has 0 amide bonds. The van der Waals surface area contributed by atoms with Crippen LogP contribution in [0.15, 0.2) is 36.8 Å². The molecule has 0 spiro atoms. The number of hydrogen-bond acceptors (Lipinski definition) is 18. The zero-order valence-electron chi connectivity index (χ0n) is 28.5. The number of imidazole rings is 2. The first kappa shape index (κ1) is 38.1.